The van der Waals surface area contributed by atoms with Crippen LogP contribution >= 0.6 is 35.0 Å². The van der Waals surface area contributed by atoms with Crippen LogP contribution in [0.2, 0.25) is 10.0 Å². The van der Waals surface area contributed by atoms with Gasteiger partial charge in [-0.15, -0.1) is 0 Å². The molecule has 1 saturated heterocycles. The van der Waals surface area contributed by atoms with Gasteiger partial charge in [0.15, 0.2) is 17.0 Å². The number of carbonyl (C=O) groups is 1. The summed E-state index contributed by atoms with van der Waals surface area (Å²) in [6.45, 7) is 2.70. The number of anilines is 1. The van der Waals surface area contributed by atoms with Crippen molar-refractivity contribution in [3.8, 4) is 17.2 Å². The number of amides is 1. The summed E-state index contributed by atoms with van der Waals surface area (Å²) in [5.41, 5.74) is 2.03. The lowest BCUT2D eigenvalue weighted by atomic mass is 10.2. The van der Waals surface area contributed by atoms with Crippen molar-refractivity contribution < 1.29 is 19.0 Å². The Kier molecular flexibility index (Phi) is 8.33. The highest BCUT2D eigenvalue weighted by Gasteiger charge is 2.28. The molecule has 9 heteroatoms. The van der Waals surface area contributed by atoms with Crippen molar-refractivity contribution in [3.05, 3.63) is 86.7 Å². The molecule has 2 N–H and O–H groups in total. The Labute approximate surface area is 218 Å². The van der Waals surface area contributed by atoms with E-state index in [1.54, 1.807) is 25.3 Å². The monoisotopic (exact) mass is 530 g/mol. The van der Waals surface area contributed by atoms with E-state index in [-0.39, 0.29) is 11.4 Å². The largest absolute Gasteiger partial charge is 0.495 e. The second-order valence-electron chi connectivity index (χ2n) is 7.49. The summed E-state index contributed by atoms with van der Waals surface area (Å²) in [6.07, 6.45) is 1.82. The van der Waals surface area contributed by atoms with Gasteiger partial charge in [0, 0.05) is 15.6 Å². The molecule has 1 heterocycles. The van der Waals surface area contributed by atoms with Gasteiger partial charge in [-0.3, -0.25) is 4.79 Å². The predicted octanol–water partition coefficient (Wildman–Crippen LogP) is 6.58. The molecule has 1 unspecified atom stereocenters. The summed E-state index contributed by atoms with van der Waals surface area (Å²) in [7, 11) is 1.58. The van der Waals surface area contributed by atoms with Crippen LogP contribution in [-0.2, 0) is 11.4 Å². The summed E-state index contributed by atoms with van der Waals surface area (Å²) in [5.74, 6) is 1.65. The third kappa shape index (κ3) is 6.36. The van der Waals surface area contributed by atoms with E-state index in [1.807, 2.05) is 55.5 Å². The molecule has 1 atom stereocenters. The Balaban J connectivity index is 1.48. The lowest BCUT2D eigenvalue weighted by molar-refractivity contribution is -0.116. The van der Waals surface area contributed by atoms with Crippen LogP contribution in [0.1, 0.15) is 18.1 Å². The molecular formula is C26H24Cl2N2O4S. The number of ether oxygens (including phenoxy) is 3. The molecule has 35 heavy (non-hydrogen) atoms. The third-order valence-electron chi connectivity index (χ3n) is 5.09. The average Bonchev–Trinajstić information content (AvgIpc) is 3.18. The van der Waals surface area contributed by atoms with E-state index in [0.717, 1.165) is 11.1 Å². The fourth-order valence-corrected chi connectivity index (χ4v) is 4.76. The fraction of sp³-hybridized carbons (Fsp3) is 0.192. The van der Waals surface area contributed by atoms with Crippen molar-refractivity contribution in [2.45, 2.75) is 19.0 Å². The van der Waals surface area contributed by atoms with E-state index >= 15 is 0 Å². The van der Waals surface area contributed by atoms with Gasteiger partial charge >= 0.3 is 0 Å². The summed E-state index contributed by atoms with van der Waals surface area (Å²) >= 11 is 13.7. The van der Waals surface area contributed by atoms with Crippen molar-refractivity contribution in [2.75, 3.05) is 19.0 Å². The Hall–Kier alpha value is -3.00. The van der Waals surface area contributed by atoms with Crippen molar-refractivity contribution in [1.82, 2.24) is 5.32 Å². The van der Waals surface area contributed by atoms with Gasteiger partial charge in [0.2, 0.25) is 0 Å². The van der Waals surface area contributed by atoms with Crippen molar-refractivity contribution in [1.29, 1.82) is 0 Å². The van der Waals surface area contributed by atoms with E-state index in [2.05, 4.69) is 10.6 Å². The Morgan fingerprint density at radius 1 is 1.03 bits per heavy atom. The van der Waals surface area contributed by atoms with Crippen LogP contribution < -0.4 is 24.8 Å². The van der Waals surface area contributed by atoms with Crippen LogP contribution in [-0.4, -0.2) is 25.1 Å². The maximum Gasteiger partial charge on any atom is 0.260 e. The van der Waals surface area contributed by atoms with E-state index in [9.17, 15) is 4.79 Å². The van der Waals surface area contributed by atoms with Gasteiger partial charge in [-0.2, -0.15) is 0 Å². The third-order valence-corrected chi connectivity index (χ3v) is 6.72. The lowest BCUT2D eigenvalue weighted by Gasteiger charge is -2.15. The molecule has 182 valence electrons. The molecular weight excluding hydrogens is 507 g/mol. The fourth-order valence-electron chi connectivity index (χ4n) is 3.42. The highest BCUT2D eigenvalue weighted by molar-refractivity contribution is 8.05. The number of halogens is 2. The molecule has 1 aliphatic rings. The number of nitrogens with one attached hydrogen (secondary N) is 2. The van der Waals surface area contributed by atoms with E-state index < -0.39 is 0 Å². The van der Waals surface area contributed by atoms with Gasteiger partial charge in [-0.25, -0.2) is 0 Å². The molecule has 4 rings (SSSR count). The van der Waals surface area contributed by atoms with E-state index in [1.165, 1.54) is 11.8 Å². The van der Waals surface area contributed by atoms with Crippen molar-refractivity contribution >= 4 is 52.6 Å². The van der Waals surface area contributed by atoms with Gasteiger partial charge in [-0.05, 0) is 55.0 Å². The van der Waals surface area contributed by atoms with Gasteiger partial charge < -0.3 is 24.8 Å². The number of thioether (sulfide) groups is 1. The van der Waals surface area contributed by atoms with Crippen LogP contribution in [0.5, 0.6) is 17.2 Å². The first-order valence-corrected chi connectivity index (χ1v) is 12.5. The van der Waals surface area contributed by atoms with Gasteiger partial charge in [-0.1, -0.05) is 59.2 Å². The van der Waals surface area contributed by atoms with Crippen LogP contribution in [0.3, 0.4) is 0 Å². The molecule has 3 aromatic rings. The van der Waals surface area contributed by atoms with Crippen LogP contribution in [0.4, 0.5) is 5.69 Å². The SMILES string of the molecule is CCOc1cc(/C=C2\SC(Nc3cc(Cl)ccc3OC)NC2=O)ccc1OCc1ccccc1Cl. The van der Waals surface area contributed by atoms with Crippen LogP contribution in [0.15, 0.2) is 65.6 Å². The van der Waals surface area contributed by atoms with Gasteiger partial charge in [0.25, 0.3) is 5.91 Å². The summed E-state index contributed by atoms with van der Waals surface area (Å²) in [6, 6.07) is 18.4. The summed E-state index contributed by atoms with van der Waals surface area (Å²) in [5, 5.41) is 7.38. The first-order chi connectivity index (χ1) is 17.0. The Morgan fingerprint density at radius 3 is 2.60 bits per heavy atom. The zero-order chi connectivity index (χ0) is 24.8. The zero-order valence-electron chi connectivity index (χ0n) is 19.1. The molecule has 0 radical (unpaired) electrons. The molecule has 0 aliphatic carbocycles. The molecule has 0 saturated carbocycles. The molecule has 1 fully saturated rings. The number of methoxy groups -OCH3 is 1. The highest BCUT2D eigenvalue weighted by Crippen LogP contribution is 2.36. The number of hydrogen-bond donors (Lipinski definition) is 2. The standard InChI is InChI=1S/C26H24Cl2N2O4S/c1-3-33-23-12-16(8-10-22(23)34-15-17-6-4-5-7-19(17)28)13-24-25(31)30-26(35-24)29-20-14-18(27)9-11-21(20)32-2/h4-14,26,29H,3,15H2,1-2H3,(H,30,31)/b24-13-. The highest BCUT2D eigenvalue weighted by atomic mass is 35.5. The average molecular weight is 531 g/mol. The minimum atomic E-state index is -0.370. The zero-order valence-corrected chi connectivity index (χ0v) is 21.5. The molecule has 6 nitrogen and oxygen atoms in total. The number of benzene rings is 3. The summed E-state index contributed by atoms with van der Waals surface area (Å²) in [4.78, 5) is 13.2. The Bertz CT molecular complexity index is 1250. The second-order valence-corrected chi connectivity index (χ2v) is 9.48. The number of carbonyl (C=O) groups excluding carboxylic acids is 1. The molecule has 0 bridgehead atoms. The van der Waals surface area contributed by atoms with Gasteiger partial charge in [0.1, 0.15) is 12.4 Å². The topological polar surface area (TPSA) is 68.8 Å². The number of rotatable bonds is 9. The first kappa shape index (κ1) is 25.1. The maximum absolute atomic E-state index is 12.6. The molecule has 1 amide bonds. The Morgan fingerprint density at radius 2 is 1.83 bits per heavy atom. The second kappa shape index (κ2) is 11.6. The summed E-state index contributed by atoms with van der Waals surface area (Å²) < 4.78 is 17.1. The van der Waals surface area contributed by atoms with Gasteiger partial charge in [0.05, 0.1) is 24.3 Å². The predicted molar refractivity (Wildman–Crippen MR) is 143 cm³/mol. The molecule has 1 aliphatic heterocycles. The van der Waals surface area contributed by atoms with Crippen molar-refractivity contribution in [2.24, 2.45) is 0 Å². The lowest BCUT2D eigenvalue weighted by Crippen LogP contribution is -2.31. The molecule has 3 aromatic carbocycles. The number of hydrogen-bond acceptors (Lipinski definition) is 6. The first-order valence-electron chi connectivity index (χ1n) is 10.9. The van der Waals surface area contributed by atoms with Crippen LogP contribution in [0.25, 0.3) is 6.08 Å². The normalized spacial score (nSPS) is 16.2. The van der Waals surface area contributed by atoms with Crippen molar-refractivity contribution in [3.63, 3.8) is 0 Å². The smallest absolute Gasteiger partial charge is 0.260 e. The molecule has 0 aromatic heterocycles. The van der Waals surface area contributed by atoms with E-state index in [4.69, 9.17) is 37.4 Å². The quantitative estimate of drug-likeness (QED) is 0.304. The minimum absolute atomic E-state index is 0.175. The minimum Gasteiger partial charge on any atom is -0.495 e. The van der Waals surface area contributed by atoms with E-state index in [0.29, 0.717) is 51.1 Å². The maximum atomic E-state index is 12.6. The van der Waals surface area contributed by atoms with Crippen LogP contribution in [0, 0.1) is 0 Å². The molecule has 0 spiro atoms.